The molecule has 0 aromatic carbocycles. The average molecular weight is 295 g/mol. The van der Waals surface area contributed by atoms with E-state index in [1.165, 1.54) is 28.5 Å². The molecule has 106 valence electrons. The molecule has 0 aliphatic carbocycles. The van der Waals surface area contributed by atoms with Crippen LogP contribution in [-0.4, -0.2) is 27.8 Å². The van der Waals surface area contributed by atoms with Gasteiger partial charge in [-0.05, 0) is 13.0 Å². The molecule has 8 heteroatoms. The Hall–Kier alpha value is -2.06. The Bertz CT molecular complexity index is 630. The second-order valence-electron chi connectivity index (χ2n) is 4.18. The molecule has 0 spiro atoms. The number of nitrogen functional groups attached to an aromatic ring is 1. The summed E-state index contributed by atoms with van der Waals surface area (Å²) in [5.74, 6) is 3.76. The molecule has 2 aromatic rings. The van der Waals surface area contributed by atoms with E-state index < -0.39 is 11.7 Å². The minimum absolute atomic E-state index is 0.0811. The van der Waals surface area contributed by atoms with Crippen molar-refractivity contribution in [2.45, 2.75) is 13.5 Å². The number of nitrogens with one attached hydrogen (secondary N) is 1. The number of anilines is 1. The van der Waals surface area contributed by atoms with E-state index in [-0.39, 0.29) is 11.4 Å². The first kappa shape index (κ1) is 14.4. The molecule has 0 bridgehead atoms. The fourth-order valence-corrected chi connectivity index (χ4v) is 2.31. The second-order valence-corrected chi connectivity index (χ2v) is 5.25. The maximum atomic E-state index is 14.0. The smallest absolute Gasteiger partial charge is 0.257 e. The lowest BCUT2D eigenvalue weighted by molar-refractivity contribution is 0.0779. The summed E-state index contributed by atoms with van der Waals surface area (Å²) >= 11 is 1.50. The van der Waals surface area contributed by atoms with Gasteiger partial charge in [-0.25, -0.2) is 20.2 Å². The largest absolute Gasteiger partial charge is 0.336 e. The van der Waals surface area contributed by atoms with Gasteiger partial charge >= 0.3 is 0 Å². The molecule has 2 aromatic heterocycles. The molecule has 0 radical (unpaired) electrons. The Balaban J connectivity index is 2.18. The van der Waals surface area contributed by atoms with Gasteiger partial charge in [0.1, 0.15) is 0 Å². The molecule has 3 N–H and O–H groups in total. The van der Waals surface area contributed by atoms with Crippen LogP contribution in [0.25, 0.3) is 0 Å². The van der Waals surface area contributed by atoms with Crippen LogP contribution in [0.4, 0.5) is 10.2 Å². The molecule has 0 atom stereocenters. The maximum Gasteiger partial charge on any atom is 0.257 e. The highest BCUT2D eigenvalue weighted by Crippen LogP contribution is 2.17. The molecule has 6 nitrogen and oxygen atoms in total. The summed E-state index contributed by atoms with van der Waals surface area (Å²) in [7, 11) is 1.59. The van der Waals surface area contributed by atoms with Crippen LogP contribution in [0.1, 0.15) is 21.1 Å². The number of nitrogens with two attached hydrogens (primary N) is 1. The van der Waals surface area contributed by atoms with Crippen LogP contribution in [-0.2, 0) is 6.54 Å². The van der Waals surface area contributed by atoms with E-state index in [9.17, 15) is 9.18 Å². The Labute approximate surface area is 119 Å². The van der Waals surface area contributed by atoms with Crippen molar-refractivity contribution in [3.63, 3.8) is 0 Å². The molecule has 1 amide bonds. The van der Waals surface area contributed by atoms with Gasteiger partial charge in [0.2, 0.25) is 0 Å². The van der Waals surface area contributed by atoms with Crippen molar-refractivity contribution in [1.82, 2.24) is 14.9 Å². The summed E-state index contributed by atoms with van der Waals surface area (Å²) in [6.45, 7) is 2.20. The number of pyridine rings is 1. The van der Waals surface area contributed by atoms with Crippen LogP contribution < -0.4 is 11.3 Å². The Morgan fingerprint density at radius 1 is 1.60 bits per heavy atom. The van der Waals surface area contributed by atoms with Crippen molar-refractivity contribution >= 4 is 23.1 Å². The van der Waals surface area contributed by atoms with E-state index in [0.29, 0.717) is 6.54 Å². The quantitative estimate of drug-likeness (QED) is 0.660. The molecule has 0 aliphatic rings. The Morgan fingerprint density at radius 3 is 2.95 bits per heavy atom. The second kappa shape index (κ2) is 5.93. The maximum absolute atomic E-state index is 14.0. The fourth-order valence-electron chi connectivity index (χ4n) is 1.71. The van der Waals surface area contributed by atoms with Crippen LogP contribution >= 0.6 is 11.3 Å². The van der Waals surface area contributed by atoms with Gasteiger partial charge in [-0.2, -0.15) is 0 Å². The van der Waals surface area contributed by atoms with E-state index in [4.69, 9.17) is 5.84 Å². The van der Waals surface area contributed by atoms with Crippen LogP contribution in [0.2, 0.25) is 0 Å². The van der Waals surface area contributed by atoms with Gasteiger partial charge in [0.15, 0.2) is 11.6 Å². The van der Waals surface area contributed by atoms with E-state index >= 15 is 0 Å². The predicted molar refractivity (Wildman–Crippen MR) is 74.7 cm³/mol. The zero-order valence-corrected chi connectivity index (χ0v) is 11.9. The number of thiazole rings is 1. The number of carbonyl (C=O) groups is 1. The number of carbonyl (C=O) groups excluding carboxylic acids is 1. The molecule has 20 heavy (non-hydrogen) atoms. The number of halogens is 1. The highest BCUT2D eigenvalue weighted by Gasteiger charge is 2.19. The van der Waals surface area contributed by atoms with Crippen molar-refractivity contribution in [1.29, 1.82) is 0 Å². The number of hydrogen-bond donors (Lipinski definition) is 2. The molecule has 0 saturated heterocycles. The summed E-state index contributed by atoms with van der Waals surface area (Å²) in [5, 5.41) is 2.79. The highest BCUT2D eigenvalue weighted by molar-refractivity contribution is 7.09. The number of rotatable bonds is 4. The average Bonchev–Trinajstić information content (AvgIpc) is 2.83. The third-order valence-corrected chi connectivity index (χ3v) is 3.49. The van der Waals surface area contributed by atoms with Crippen molar-refractivity contribution in [2.24, 2.45) is 5.84 Å². The standard InChI is InChI=1S/C12H14FN5OS/c1-7-16-8(6-20-7)5-18(2)12(19)9-3-4-15-11(17-14)10(9)13/h3-4,6H,5,14H2,1-2H3,(H,15,17). The van der Waals surface area contributed by atoms with Crippen molar-refractivity contribution < 1.29 is 9.18 Å². The Kier molecular flexibility index (Phi) is 4.26. The minimum atomic E-state index is -0.763. The van der Waals surface area contributed by atoms with E-state index in [1.807, 2.05) is 12.3 Å². The predicted octanol–water partition coefficient (Wildman–Crippen LogP) is 1.54. The normalized spacial score (nSPS) is 10.4. The third-order valence-electron chi connectivity index (χ3n) is 2.67. The van der Waals surface area contributed by atoms with Gasteiger partial charge in [-0.3, -0.25) is 4.79 Å². The van der Waals surface area contributed by atoms with E-state index in [0.717, 1.165) is 10.7 Å². The first-order valence-corrected chi connectivity index (χ1v) is 6.68. The summed E-state index contributed by atoms with van der Waals surface area (Å²) < 4.78 is 14.0. The number of hydrogen-bond acceptors (Lipinski definition) is 6. The van der Waals surface area contributed by atoms with E-state index in [2.05, 4.69) is 15.4 Å². The van der Waals surface area contributed by atoms with Gasteiger partial charge in [-0.15, -0.1) is 11.3 Å². The summed E-state index contributed by atoms with van der Waals surface area (Å²) in [5.41, 5.74) is 2.81. The summed E-state index contributed by atoms with van der Waals surface area (Å²) in [6.07, 6.45) is 1.33. The van der Waals surface area contributed by atoms with Crippen LogP contribution in [0, 0.1) is 12.7 Å². The van der Waals surface area contributed by atoms with Crippen molar-refractivity contribution in [2.75, 3.05) is 12.5 Å². The molecule has 0 unspecified atom stereocenters. The monoisotopic (exact) mass is 295 g/mol. The summed E-state index contributed by atoms with van der Waals surface area (Å²) in [6, 6.07) is 1.32. The van der Waals surface area contributed by atoms with Crippen LogP contribution in [0.15, 0.2) is 17.6 Å². The van der Waals surface area contributed by atoms with Gasteiger partial charge in [0.05, 0.1) is 22.8 Å². The lowest BCUT2D eigenvalue weighted by atomic mass is 10.2. The van der Waals surface area contributed by atoms with Crippen molar-refractivity contribution in [3.8, 4) is 0 Å². The summed E-state index contributed by atoms with van der Waals surface area (Å²) in [4.78, 5) is 21.6. The first-order chi connectivity index (χ1) is 9.52. The molecule has 0 saturated carbocycles. The molecule has 0 aliphatic heterocycles. The Morgan fingerprint density at radius 2 is 2.35 bits per heavy atom. The van der Waals surface area contributed by atoms with Crippen LogP contribution in [0.5, 0.6) is 0 Å². The minimum Gasteiger partial charge on any atom is -0.336 e. The number of aromatic nitrogens is 2. The number of nitrogens with zero attached hydrogens (tertiary/aromatic N) is 3. The zero-order chi connectivity index (χ0) is 14.7. The first-order valence-electron chi connectivity index (χ1n) is 5.80. The topological polar surface area (TPSA) is 84.1 Å². The lowest BCUT2D eigenvalue weighted by Gasteiger charge is -2.16. The van der Waals surface area contributed by atoms with Crippen molar-refractivity contribution in [3.05, 3.63) is 39.7 Å². The van der Waals surface area contributed by atoms with Gasteiger partial charge in [0, 0.05) is 18.6 Å². The number of amides is 1. The molecular weight excluding hydrogens is 281 g/mol. The molecule has 2 heterocycles. The fraction of sp³-hybridized carbons (Fsp3) is 0.250. The van der Waals surface area contributed by atoms with Gasteiger partial charge in [0.25, 0.3) is 5.91 Å². The molecule has 0 fully saturated rings. The SMILES string of the molecule is Cc1nc(CN(C)C(=O)c2ccnc(NN)c2F)cs1. The number of hydrazine groups is 1. The van der Waals surface area contributed by atoms with Gasteiger partial charge < -0.3 is 10.3 Å². The lowest BCUT2D eigenvalue weighted by Crippen LogP contribution is -2.27. The zero-order valence-electron chi connectivity index (χ0n) is 11.1. The molecular formula is C12H14FN5OS. The third kappa shape index (κ3) is 2.91. The number of aryl methyl sites for hydroxylation is 1. The van der Waals surface area contributed by atoms with Crippen LogP contribution in [0.3, 0.4) is 0 Å². The molecule has 2 rings (SSSR count). The highest BCUT2D eigenvalue weighted by atomic mass is 32.1. The van der Waals surface area contributed by atoms with E-state index in [1.54, 1.807) is 7.05 Å². The van der Waals surface area contributed by atoms with Gasteiger partial charge in [-0.1, -0.05) is 0 Å².